The first-order valence-electron chi connectivity index (χ1n) is 13.4. The molecule has 5 rings (SSSR count). The highest BCUT2D eigenvalue weighted by atomic mass is 35.5. The number of nitrogens with zero attached hydrogens (tertiary/aromatic N) is 4. The molecule has 0 radical (unpaired) electrons. The number of para-hydroxylation sites is 1. The Hall–Kier alpha value is -4.12. The SMILES string of the molecule is C=CC(=O)Nc1cc(Nc2ncc(Cl)c(-c3cn(C)c4ccccc34)n2)c(OC)cc1OCCCN1CCOCC1. The molecule has 41 heavy (non-hydrogen) atoms. The summed E-state index contributed by atoms with van der Waals surface area (Å²) in [7, 11) is 3.55. The molecule has 11 heteroatoms. The Morgan fingerprint density at radius 1 is 1.20 bits per heavy atom. The third kappa shape index (κ3) is 6.62. The van der Waals surface area contributed by atoms with E-state index < -0.39 is 0 Å². The fraction of sp³-hybridized carbons (Fsp3) is 0.300. The number of hydrogen-bond acceptors (Lipinski definition) is 8. The number of rotatable bonds is 11. The van der Waals surface area contributed by atoms with Gasteiger partial charge >= 0.3 is 0 Å². The quantitative estimate of drug-likeness (QED) is 0.184. The van der Waals surface area contributed by atoms with Crippen molar-refractivity contribution in [1.82, 2.24) is 19.4 Å². The van der Waals surface area contributed by atoms with Crippen LogP contribution in [0.3, 0.4) is 0 Å². The second-order valence-electron chi connectivity index (χ2n) is 9.58. The number of morpholine rings is 1. The van der Waals surface area contributed by atoms with Gasteiger partial charge in [-0.2, -0.15) is 0 Å². The zero-order valence-electron chi connectivity index (χ0n) is 23.2. The highest BCUT2D eigenvalue weighted by Crippen LogP contribution is 2.39. The molecule has 0 unspecified atom stereocenters. The van der Waals surface area contributed by atoms with Crippen molar-refractivity contribution in [3.8, 4) is 22.8 Å². The summed E-state index contributed by atoms with van der Waals surface area (Å²) in [5.41, 5.74) is 3.56. The standard InChI is InChI=1S/C30H33ClN6O4/c1-4-28(38)33-24-16-23(26(39-3)17-27(24)41-13-7-10-37-11-14-40-15-12-37)34-30-32-18-22(31)29(35-30)21-19-36(2)25-9-6-5-8-20(21)25/h4-6,8-9,16-19H,1,7,10-15H2,2-3H3,(H,33,38)(H,32,34,35). The van der Waals surface area contributed by atoms with E-state index in [-0.39, 0.29) is 5.91 Å². The first kappa shape index (κ1) is 28.4. The van der Waals surface area contributed by atoms with Gasteiger partial charge in [-0.05, 0) is 24.6 Å². The highest BCUT2D eigenvalue weighted by Gasteiger charge is 2.18. The van der Waals surface area contributed by atoms with Gasteiger partial charge in [-0.1, -0.05) is 36.4 Å². The predicted molar refractivity (Wildman–Crippen MR) is 161 cm³/mol. The van der Waals surface area contributed by atoms with Gasteiger partial charge in [0.25, 0.3) is 0 Å². The van der Waals surface area contributed by atoms with Gasteiger partial charge in [0.15, 0.2) is 0 Å². The Labute approximate surface area is 243 Å². The maximum Gasteiger partial charge on any atom is 0.247 e. The average Bonchev–Trinajstić information content (AvgIpc) is 3.33. The van der Waals surface area contributed by atoms with Crippen LogP contribution in [0.15, 0.2) is 61.4 Å². The van der Waals surface area contributed by atoms with Crippen molar-refractivity contribution in [2.75, 3.05) is 57.2 Å². The zero-order valence-corrected chi connectivity index (χ0v) is 23.9. The molecular formula is C30H33ClN6O4. The Morgan fingerprint density at radius 2 is 2.00 bits per heavy atom. The molecule has 4 aromatic rings. The smallest absolute Gasteiger partial charge is 0.247 e. The molecule has 2 aromatic carbocycles. The molecule has 2 aromatic heterocycles. The number of aromatic nitrogens is 3. The number of methoxy groups -OCH3 is 1. The first-order valence-corrected chi connectivity index (χ1v) is 13.8. The number of carbonyl (C=O) groups excluding carboxylic acids is 1. The van der Waals surface area contributed by atoms with Gasteiger partial charge in [0.1, 0.15) is 11.5 Å². The lowest BCUT2D eigenvalue weighted by Gasteiger charge is -2.26. The van der Waals surface area contributed by atoms with Crippen molar-refractivity contribution in [3.63, 3.8) is 0 Å². The molecule has 214 valence electrons. The van der Waals surface area contributed by atoms with E-state index in [1.165, 1.54) is 6.08 Å². The van der Waals surface area contributed by atoms with E-state index >= 15 is 0 Å². The van der Waals surface area contributed by atoms with Crippen molar-refractivity contribution < 1.29 is 19.0 Å². The maximum atomic E-state index is 12.2. The molecule has 3 heterocycles. The number of aryl methyl sites for hydroxylation is 1. The number of fused-ring (bicyclic) bond motifs is 1. The lowest BCUT2D eigenvalue weighted by molar-refractivity contribution is -0.111. The van der Waals surface area contributed by atoms with Crippen LogP contribution in [0.5, 0.6) is 11.5 Å². The molecule has 1 aliphatic heterocycles. The Kier molecular flexibility index (Phi) is 9.03. The minimum absolute atomic E-state index is 0.316. The van der Waals surface area contributed by atoms with Gasteiger partial charge < -0.3 is 29.4 Å². The molecule has 0 spiro atoms. The van der Waals surface area contributed by atoms with E-state index in [0.29, 0.717) is 46.1 Å². The van der Waals surface area contributed by atoms with E-state index in [2.05, 4.69) is 27.1 Å². The second-order valence-corrected chi connectivity index (χ2v) is 9.99. The summed E-state index contributed by atoms with van der Waals surface area (Å²) < 4.78 is 19.2. The van der Waals surface area contributed by atoms with Crippen LogP contribution in [0.25, 0.3) is 22.2 Å². The van der Waals surface area contributed by atoms with Crippen LogP contribution >= 0.6 is 11.6 Å². The van der Waals surface area contributed by atoms with Crippen molar-refractivity contribution in [2.45, 2.75) is 6.42 Å². The van der Waals surface area contributed by atoms with Crippen molar-refractivity contribution in [1.29, 1.82) is 0 Å². The summed E-state index contributed by atoms with van der Waals surface area (Å²) >= 11 is 6.56. The average molecular weight is 577 g/mol. The van der Waals surface area contributed by atoms with Crippen molar-refractivity contribution in [3.05, 3.63) is 66.5 Å². The minimum atomic E-state index is -0.361. The van der Waals surface area contributed by atoms with E-state index in [9.17, 15) is 4.79 Å². The summed E-state index contributed by atoms with van der Waals surface area (Å²) in [6.45, 7) is 8.29. The highest BCUT2D eigenvalue weighted by molar-refractivity contribution is 6.33. The van der Waals surface area contributed by atoms with Crippen molar-refractivity contribution in [2.24, 2.45) is 7.05 Å². The number of nitrogens with one attached hydrogen (secondary N) is 2. The van der Waals surface area contributed by atoms with Gasteiger partial charge in [0.2, 0.25) is 11.9 Å². The summed E-state index contributed by atoms with van der Waals surface area (Å²) in [6.07, 6.45) is 5.59. The Morgan fingerprint density at radius 3 is 2.78 bits per heavy atom. The number of anilines is 3. The molecule has 0 aliphatic carbocycles. The number of hydrogen-bond donors (Lipinski definition) is 2. The lowest BCUT2D eigenvalue weighted by atomic mass is 10.1. The number of benzene rings is 2. The third-order valence-corrected chi connectivity index (χ3v) is 7.14. The van der Waals surface area contributed by atoms with Crippen LogP contribution in [0.2, 0.25) is 5.02 Å². The number of halogens is 1. The van der Waals surface area contributed by atoms with Gasteiger partial charge in [-0.3, -0.25) is 9.69 Å². The normalized spacial score (nSPS) is 13.6. The second kappa shape index (κ2) is 13.0. The maximum absolute atomic E-state index is 12.2. The summed E-state index contributed by atoms with van der Waals surface area (Å²) in [5, 5.41) is 7.51. The molecule has 1 amide bonds. The van der Waals surface area contributed by atoms with Crippen LogP contribution in [0.1, 0.15) is 6.42 Å². The zero-order chi connectivity index (χ0) is 28.8. The number of amides is 1. The number of carbonyl (C=O) groups is 1. The van der Waals surface area contributed by atoms with Gasteiger partial charge in [0, 0.05) is 55.4 Å². The van der Waals surface area contributed by atoms with Crippen LogP contribution in [0.4, 0.5) is 17.3 Å². The van der Waals surface area contributed by atoms with Gasteiger partial charge in [-0.15, -0.1) is 0 Å². The summed E-state index contributed by atoms with van der Waals surface area (Å²) in [4.78, 5) is 23.7. The van der Waals surface area contributed by atoms with Gasteiger partial charge in [0.05, 0.1) is 55.2 Å². The molecule has 0 atom stereocenters. The van der Waals surface area contributed by atoms with Crippen LogP contribution < -0.4 is 20.1 Å². The first-order chi connectivity index (χ1) is 20.0. The molecule has 1 aliphatic rings. The summed E-state index contributed by atoms with van der Waals surface area (Å²) in [6, 6.07) is 11.5. The van der Waals surface area contributed by atoms with E-state index in [4.69, 9.17) is 30.8 Å². The Balaban J connectivity index is 1.40. The molecule has 2 N–H and O–H groups in total. The van der Waals surface area contributed by atoms with E-state index in [1.807, 2.05) is 42.1 Å². The molecular weight excluding hydrogens is 544 g/mol. The summed E-state index contributed by atoms with van der Waals surface area (Å²) in [5.74, 6) is 0.934. The predicted octanol–water partition coefficient (Wildman–Crippen LogP) is 5.27. The topological polar surface area (TPSA) is 103 Å². The van der Waals surface area contributed by atoms with Gasteiger partial charge in [-0.25, -0.2) is 9.97 Å². The van der Waals surface area contributed by atoms with Crippen molar-refractivity contribution >= 4 is 45.7 Å². The molecule has 0 bridgehead atoms. The number of ether oxygens (including phenoxy) is 3. The van der Waals surface area contributed by atoms with E-state index in [1.54, 1.807) is 25.4 Å². The van der Waals surface area contributed by atoms with Crippen LogP contribution in [-0.4, -0.2) is 71.9 Å². The molecule has 10 nitrogen and oxygen atoms in total. The molecule has 1 saturated heterocycles. The fourth-order valence-electron chi connectivity index (χ4n) is 4.79. The Bertz CT molecular complexity index is 1550. The lowest BCUT2D eigenvalue weighted by Crippen LogP contribution is -2.37. The molecule has 0 saturated carbocycles. The third-order valence-electron chi connectivity index (χ3n) is 6.87. The van der Waals surface area contributed by atoms with Crippen LogP contribution in [-0.2, 0) is 16.6 Å². The van der Waals surface area contributed by atoms with E-state index in [0.717, 1.165) is 55.7 Å². The minimum Gasteiger partial charge on any atom is -0.494 e. The monoisotopic (exact) mass is 576 g/mol. The fourth-order valence-corrected chi connectivity index (χ4v) is 4.98. The molecule has 1 fully saturated rings. The van der Waals surface area contributed by atoms with Crippen LogP contribution in [0, 0.1) is 0 Å². The largest absolute Gasteiger partial charge is 0.494 e.